The standard InChI is InChI=1S/C17H23IO6/c1-6-21-12(10-8-16(3,4)23-14(10)19)17(5)9-11(15(20)24-17)13(18)22-7-2/h8-9,12-13H,6-7H2,1-5H3. The Balaban J connectivity index is 2.38. The lowest BCUT2D eigenvalue weighted by Crippen LogP contribution is -2.43. The highest BCUT2D eigenvalue weighted by atomic mass is 127. The van der Waals surface area contributed by atoms with Crippen LogP contribution >= 0.6 is 22.6 Å². The molecule has 3 unspecified atom stereocenters. The second kappa shape index (κ2) is 7.13. The first-order valence-corrected chi connectivity index (χ1v) is 9.17. The molecule has 3 atom stereocenters. The van der Waals surface area contributed by atoms with E-state index < -0.39 is 33.4 Å². The van der Waals surface area contributed by atoms with Crippen molar-refractivity contribution < 1.29 is 28.5 Å². The molecule has 0 aliphatic carbocycles. The summed E-state index contributed by atoms with van der Waals surface area (Å²) in [6.07, 6.45) is 2.69. The molecule has 7 heteroatoms. The molecule has 0 bridgehead atoms. The summed E-state index contributed by atoms with van der Waals surface area (Å²) >= 11 is 2.04. The lowest BCUT2D eigenvalue weighted by atomic mass is 9.90. The van der Waals surface area contributed by atoms with Gasteiger partial charge in [-0.15, -0.1) is 0 Å². The van der Waals surface area contributed by atoms with Gasteiger partial charge in [-0.05, 0) is 69.4 Å². The van der Waals surface area contributed by atoms with Crippen LogP contribution in [0.4, 0.5) is 0 Å². The van der Waals surface area contributed by atoms with Gasteiger partial charge in [-0.25, -0.2) is 9.59 Å². The van der Waals surface area contributed by atoms with Crippen LogP contribution in [0.5, 0.6) is 0 Å². The van der Waals surface area contributed by atoms with E-state index >= 15 is 0 Å². The van der Waals surface area contributed by atoms with Gasteiger partial charge in [-0.3, -0.25) is 0 Å². The topological polar surface area (TPSA) is 71.1 Å². The minimum absolute atomic E-state index is 0.366. The Kier molecular flexibility index (Phi) is 5.76. The maximum absolute atomic E-state index is 12.3. The molecule has 0 aromatic carbocycles. The molecular weight excluding hydrogens is 427 g/mol. The van der Waals surface area contributed by atoms with Gasteiger partial charge in [0, 0.05) is 13.2 Å². The molecule has 134 valence electrons. The van der Waals surface area contributed by atoms with Gasteiger partial charge in [0.25, 0.3) is 0 Å². The molecule has 0 aromatic heterocycles. The molecule has 2 heterocycles. The first kappa shape index (κ1) is 19.4. The van der Waals surface area contributed by atoms with Gasteiger partial charge in [0.2, 0.25) is 0 Å². The van der Waals surface area contributed by atoms with E-state index in [2.05, 4.69) is 0 Å². The van der Waals surface area contributed by atoms with Gasteiger partial charge >= 0.3 is 11.9 Å². The Labute approximate surface area is 155 Å². The smallest absolute Gasteiger partial charge is 0.338 e. The molecule has 0 aromatic rings. The molecule has 0 N–H and O–H groups in total. The average molecular weight is 450 g/mol. The van der Waals surface area contributed by atoms with Crippen LogP contribution in [-0.4, -0.2) is 46.6 Å². The monoisotopic (exact) mass is 450 g/mol. The van der Waals surface area contributed by atoms with Crippen LogP contribution in [0.3, 0.4) is 0 Å². The Bertz CT molecular complexity index is 594. The molecule has 2 aliphatic heterocycles. The number of carbonyl (C=O) groups excluding carboxylic acids is 2. The van der Waals surface area contributed by atoms with E-state index in [1.54, 1.807) is 32.9 Å². The Morgan fingerprint density at radius 3 is 2.08 bits per heavy atom. The quantitative estimate of drug-likeness (QED) is 0.338. The van der Waals surface area contributed by atoms with Crippen molar-refractivity contribution in [3.63, 3.8) is 0 Å². The summed E-state index contributed by atoms with van der Waals surface area (Å²) in [6.45, 7) is 9.84. The van der Waals surface area contributed by atoms with Crippen LogP contribution in [-0.2, 0) is 28.5 Å². The van der Waals surface area contributed by atoms with Crippen LogP contribution in [0.25, 0.3) is 0 Å². The van der Waals surface area contributed by atoms with Crippen molar-refractivity contribution in [1.82, 2.24) is 0 Å². The summed E-state index contributed by atoms with van der Waals surface area (Å²) < 4.78 is 21.8. The van der Waals surface area contributed by atoms with Crippen molar-refractivity contribution in [2.75, 3.05) is 13.2 Å². The lowest BCUT2D eigenvalue weighted by Gasteiger charge is -2.31. The third-order valence-electron chi connectivity index (χ3n) is 3.78. The van der Waals surface area contributed by atoms with Crippen molar-refractivity contribution in [3.8, 4) is 0 Å². The lowest BCUT2D eigenvalue weighted by molar-refractivity contribution is -0.158. The summed E-state index contributed by atoms with van der Waals surface area (Å²) in [5, 5.41) is 0. The SMILES string of the molecule is CCOC(I)C1=CC(C)(C(OCC)C2=CC(C)(C)OC2=O)OC1=O. The van der Waals surface area contributed by atoms with E-state index in [0.29, 0.717) is 24.4 Å². The van der Waals surface area contributed by atoms with Crippen LogP contribution < -0.4 is 0 Å². The minimum Gasteiger partial charge on any atom is -0.452 e. The number of rotatable bonds is 7. The highest BCUT2D eigenvalue weighted by Crippen LogP contribution is 2.39. The van der Waals surface area contributed by atoms with Gasteiger partial charge in [0.1, 0.15) is 15.8 Å². The van der Waals surface area contributed by atoms with E-state index in [-0.39, 0.29) is 0 Å². The maximum Gasteiger partial charge on any atom is 0.338 e. The molecule has 2 rings (SSSR count). The average Bonchev–Trinajstić information content (AvgIpc) is 2.92. The predicted molar refractivity (Wildman–Crippen MR) is 95.7 cm³/mol. The van der Waals surface area contributed by atoms with Crippen LogP contribution in [0.2, 0.25) is 0 Å². The summed E-state index contributed by atoms with van der Waals surface area (Å²) in [4.78, 5) is 24.5. The van der Waals surface area contributed by atoms with Crippen LogP contribution in [0.1, 0.15) is 34.6 Å². The second-order valence-electron chi connectivity index (χ2n) is 6.37. The van der Waals surface area contributed by atoms with Crippen LogP contribution in [0.15, 0.2) is 23.3 Å². The Morgan fingerprint density at radius 2 is 1.58 bits per heavy atom. The van der Waals surface area contributed by atoms with Crippen molar-refractivity contribution in [2.24, 2.45) is 0 Å². The first-order valence-electron chi connectivity index (χ1n) is 7.93. The molecule has 0 saturated heterocycles. The predicted octanol–water partition coefficient (Wildman–Crippen LogP) is 2.69. The number of carbonyl (C=O) groups is 2. The van der Waals surface area contributed by atoms with E-state index in [1.807, 2.05) is 36.4 Å². The number of cyclic esters (lactones) is 2. The zero-order valence-electron chi connectivity index (χ0n) is 14.6. The zero-order chi connectivity index (χ0) is 18.1. The summed E-state index contributed by atoms with van der Waals surface area (Å²) in [6, 6.07) is 0. The molecule has 0 radical (unpaired) electrons. The Hall–Kier alpha value is -0.930. The molecule has 0 amide bonds. The van der Waals surface area contributed by atoms with Crippen molar-refractivity contribution in [1.29, 1.82) is 0 Å². The Morgan fingerprint density at radius 1 is 1.00 bits per heavy atom. The molecule has 6 nitrogen and oxygen atoms in total. The summed E-state index contributed by atoms with van der Waals surface area (Å²) in [7, 11) is 0. The highest BCUT2D eigenvalue weighted by Gasteiger charge is 2.50. The number of esters is 2. The van der Waals surface area contributed by atoms with Crippen molar-refractivity contribution in [2.45, 2.75) is 56.0 Å². The molecule has 0 spiro atoms. The third-order valence-corrected chi connectivity index (χ3v) is 4.81. The molecule has 24 heavy (non-hydrogen) atoms. The normalized spacial score (nSPS) is 28.1. The van der Waals surface area contributed by atoms with Crippen molar-refractivity contribution in [3.05, 3.63) is 23.3 Å². The first-order chi connectivity index (χ1) is 11.1. The van der Waals surface area contributed by atoms with Gasteiger partial charge in [0.15, 0.2) is 5.60 Å². The van der Waals surface area contributed by atoms with E-state index in [0.717, 1.165) is 0 Å². The van der Waals surface area contributed by atoms with Crippen molar-refractivity contribution >= 4 is 34.5 Å². The molecular formula is C17H23IO6. The largest absolute Gasteiger partial charge is 0.452 e. The van der Waals surface area contributed by atoms with E-state index in [1.165, 1.54) is 0 Å². The fourth-order valence-electron chi connectivity index (χ4n) is 2.85. The highest BCUT2D eigenvalue weighted by molar-refractivity contribution is 14.1. The fourth-order valence-corrected chi connectivity index (χ4v) is 3.65. The second-order valence-corrected chi connectivity index (χ2v) is 7.50. The maximum atomic E-state index is 12.3. The molecule has 0 saturated carbocycles. The number of halogens is 1. The third kappa shape index (κ3) is 3.83. The summed E-state index contributed by atoms with van der Waals surface area (Å²) in [5.74, 6) is -0.908. The molecule has 2 aliphatic rings. The summed E-state index contributed by atoms with van der Waals surface area (Å²) in [5.41, 5.74) is -0.995. The number of hydrogen-bond donors (Lipinski definition) is 0. The fraction of sp³-hybridized carbons (Fsp3) is 0.647. The number of ether oxygens (including phenoxy) is 4. The van der Waals surface area contributed by atoms with Gasteiger partial charge in [-0.1, -0.05) is 0 Å². The molecule has 0 fully saturated rings. The van der Waals surface area contributed by atoms with E-state index in [4.69, 9.17) is 18.9 Å². The number of alkyl halides is 1. The van der Waals surface area contributed by atoms with E-state index in [9.17, 15) is 9.59 Å². The minimum atomic E-state index is -1.09. The van der Waals surface area contributed by atoms with Gasteiger partial charge in [-0.2, -0.15) is 0 Å². The zero-order valence-corrected chi connectivity index (χ0v) is 16.7. The van der Waals surface area contributed by atoms with Gasteiger partial charge in [0.05, 0.1) is 11.1 Å². The van der Waals surface area contributed by atoms with Gasteiger partial charge < -0.3 is 18.9 Å². The number of hydrogen-bond acceptors (Lipinski definition) is 6. The van der Waals surface area contributed by atoms with Crippen LogP contribution in [0, 0.1) is 0 Å².